The van der Waals surface area contributed by atoms with Crippen LogP contribution in [0.15, 0.2) is 48.2 Å². The predicted molar refractivity (Wildman–Crippen MR) is 140 cm³/mol. The van der Waals surface area contributed by atoms with Gasteiger partial charge in [0.25, 0.3) is 5.78 Å². The summed E-state index contributed by atoms with van der Waals surface area (Å²) in [5.74, 6) is -2.99. The van der Waals surface area contributed by atoms with Crippen LogP contribution in [0.4, 0.5) is 5.13 Å². The summed E-state index contributed by atoms with van der Waals surface area (Å²) < 4.78 is 6.89. The molecule has 1 aromatic carbocycles. The quantitative estimate of drug-likeness (QED) is 0.169. The molecule has 194 valence electrons. The molecule has 5 rings (SSSR count). The molecule has 1 aliphatic heterocycles. The number of benzene rings is 1. The number of fused-ring (bicyclic) bond motifs is 1. The molecule has 0 saturated carbocycles. The summed E-state index contributed by atoms with van der Waals surface area (Å²) in [6, 6.07) is 8.65. The minimum Gasteiger partial charge on any atom is -0.508 e. The second-order valence-corrected chi connectivity index (χ2v) is 9.80. The summed E-state index contributed by atoms with van der Waals surface area (Å²) in [6.07, 6.45) is 1.79. The van der Waals surface area contributed by atoms with E-state index in [0.29, 0.717) is 22.6 Å². The molecule has 3 aromatic heterocycles. The number of aliphatic hydroxyl groups is 1. The lowest BCUT2D eigenvalue weighted by Crippen LogP contribution is -2.29. The van der Waals surface area contributed by atoms with Crippen molar-refractivity contribution in [2.24, 2.45) is 0 Å². The average Bonchev–Trinajstić information content (AvgIpc) is 3.51. The number of aryl methyl sites for hydroxylation is 3. The predicted octanol–water partition coefficient (Wildman–Crippen LogP) is 4.22. The van der Waals surface area contributed by atoms with Gasteiger partial charge in [-0.25, -0.2) is 14.8 Å². The molecule has 4 aromatic rings. The number of hydrogen-bond acceptors (Lipinski definition) is 9. The summed E-state index contributed by atoms with van der Waals surface area (Å²) in [5, 5.41) is 21.8. The van der Waals surface area contributed by atoms with Gasteiger partial charge in [-0.2, -0.15) is 0 Å². The van der Waals surface area contributed by atoms with Crippen molar-refractivity contribution in [3.63, 3.8) is 0 Å². The van der Waals surface area contributed by atoms with Gasteiger partial charge in [-0.1, -0.05) is 29.5 Å². The maximum Gasteiger partial charge on any atom is 0.350 e. The normalized spacial score (nSPS) is 16.9. The fraction of sp³-hybridized carbons (Fsp3) is 0.222. The number of hydrogen-bond donors (Lipinski definition) is 2. The highest BCUT2D eigenvalue weighted by atomic mass is 32.1. The van der Waals surface area contributed by atoms with E-state index >= 15 is 0 Å². The zero-order valence-electron chi connectivity index (χ0n) is 21.1. The highest BCUT2D eigenvalue weighted by Gasteiger charge is 2.49. The Bertz CT molecular complexity index is 1670. The lowest BCUT2D eigenvalue weighted by atomic mass is 9.96. The van der Waals surface area contributed by atoms with Crippen LogP contribution in [0.5, 0.6) is 5.75 Å². The number of imidazole rings is 1. The summed E-state index contributed by atoms with van der Waals surface area (Å²) in [4.78, 5) is 49.6. The Morgan fingerprint density at radius 1 is 1.13 bits per heavy atom. The number of amides is 1. The Kier molecular flexibility index (Phi) is 6.23. The summed E-state index contributed by atoms with van der Waals surface area (Å²) in [6.45, 7) is 7.08. The second kappa shape index (κ2) is 9.42. The van der Waals surface area contributed by atoms with Crippen LogP contribution in [0.1, 0.15) is 50.8 Å². The molecule has 1 fully saturated rings. The van der Waals surface area contributed by atoms with Gasteiger partial charge in [0.2, 0.25) is 0 Å². The first-order valence-electron chi connectivity index (χ1n) is 11.8. The van der Waals surface area contributed by atoms with Crippen molar-refractivity contribution in [3.05, 3.63) is 81.3 Å². The van der Waals surface area contributed by atoms with Crippen LogP contribution in [0.3, 0.4) is 0 Å². The molecule has 11 heteroatoms. The lowest BCUT2D eigenvalue weighted by Gasteiger charge is -2.23. The maximum absolute atomic E-state index is 13.5. The van der Waals surface area contributed by atoms with Gasteiger partial charge in [-0.05, 0) is 57.0 Å². The maximum atomic E-state index is 13.5. The fourth-order valence-electron chi connectivity index (χ4n) is 4.59. The number of nitrogens with zero attached hydrogens (tertiary/aromatic N) is 4. The van der Waals surface area contributed by atoms with E-state index in [1.807, 2.05) is 19.1 Å². The first-order chi connectivity index (χ1) is 18.1. The largest absolute Gasteiger partial charge is 0.508 e. The number of esters is 1. The molecule has 2 N–H and O–H groups in total. The second-order valence-electron chi connectivity index (χ2n) is 8.83. The number of carbonyl (C=O) groups excluding carboxylic acids is 3. The molecule has 1 aliphatic rings. The lowest BCUT2D eigenvalue weighted by molar-refractivity contribution is -0.132. The minimum atomic E-state index is -1.13. The highest BCUT2D eigenvalue weighted by molar-refractivity contribution is 7.17. The van der Waals surface area contributed by atoms with E-state index in [4.69, 9.17) is 4.74 Å². The Morgan fingerprint density at radius 2 is 1.89 bits per heavy atom. The standard InChI is InChI=1S/C27H24N4O6S/c1-5-37-26(36)23-14(3)28-27(38-23)31-20(16-9-6-10-17(32)12-16)18(22(34)25(31)35)21(33)19-15(4)30-11-7-8-13(2)24(30)29-19/h6-12,20,32-33H,5H2,1-4H3. The van der Waals surface area contributed by atoms with E-state index in [9.17, 15) is 24.6 Å². The molecule has 4 heterocycles. The van der Waals surface area contributed by atoms with Crippen molar-refractivity contribution in [2.45, 2.75) is 33.7 Å². The third-order valence-corrected chi connectivity index (χ3v) is 7.53. The molecule has 1 amide bonds. The molecule has 1 atom stereocenters. The number of ether oxygens (including phenoxy) is 1. The topological polar surface area (TPSA) is 134 Å². The number of rotatable bonds is 5. The van der Waals surface area contributed by atoms with Crippen molar-refractivity contribution >= 4 is 45.5 Å². The van der Waals surface area contributed by atoms with Crippen LogP contribution in [0.25, 0.3) is 11.4 Å². The van der Waals surface area contributed by atoms with E-state index < -0.39 is 29.5 Å². The Morgan fingerprint density at radius 3 is 2.58 bits per heavy atom. The number of aromatic hydroxyl groups is 1. The first-order valence-corrected chi connectivity index (χ1v) is 12.6. The van der Waals surface area contributed by atoms with E-state index in [0.717, 1.165) is 21.8 Å². The van der Waals surface area contributed by atoms with Gasteiger partial charge in [0.05, 0.1) is 29.6 Å². The van der Waals surface area contributed by atoms with E-state index in [1.165, 1.54) is 12.1 Å². The number of anilines is 1. The SMILES string of the molecule is CCOC(=O)c1sc(N2C(=O)C(=O)C(=C(O)c3nc4c(C)cccn4c3C)C2c2cccc(O)c2)nc1C. The number of Topliss-reactive ketones (excluding diaryl/α,β-unsaturated/α-hetero) is 1. The number of carbonyl (C=O) groups is 3. The molecule has 0 radical (unpaired) electrons. The zero-order valence-corrected chi connectivity index (χ0v) is 21.9. The number of aliphatic hydroxyl groups excluding tert-OH is 1. The summed E-state index contributed by atoms with van der Waals surface area (Å²) >= 11 is 0.912. The van der Waals surface area contributed by atoms with Crippen molar-refractivity contribution in [1.29, 1.82) is 0 Å². The third kappa shape index (κ3) is 3.91. The monoisotopic (exact) mass is 532 g/mol. The van der Waals surface area contributed by atoms with Crippen molar-refractivity contribution in [1.82, 2.24) is 14.4 Å². The number of ketones is 1. The molecule has 0 bridgehead atoms. The molecule has 0 spiro atoms. The third-order valence-electron chi connectivity index (χ3n) is 6.39. The van der Waals surface area contributed by atoms with Crippen LogP contribution in [-0.2, 0) is 14.3 Å². The molecule has 1 unspecified atom stereocenters. The van der Waals surface area contributed by atoms with E-state index in [-0.39, 0.29) is 33.6 Å². The number of aromatic nitrogens is 3. The zero-order chi connectivity index (χ0) is 27.3. The molecule has 1 saturated heterocycles. The minimum absolute atomic E-state index is 0.0858. The number of thiazole rings is 1. The van der Waals surface area contributed by atoms with Gasteiger partial charge >= 0.3 is 11.9 Å². The van der Waals surface area contributed by atoms with Crippen molar-refractivity contribution in [2.75, 3.05) is 11.5 Å². The summed E-state index contributed by atoms with van der Waals surface area (Å²) in [7, 11) is 0. The van der Waals surface area contributed by atoms with Gasteiger partial charge in [0, 0.05) is 6.20 Å². The molecular weight excluding hydrogens is 508 g/mol. The van der Waals surface area contributed by atoms with Gasteiger partial charge in [0.1, 0.15) is 22.0 Å². The number of phenols is 1. The molecule has 38 heavy (non-hydrogen) atoms. The first kappa shape index (κ1) is 25.2. The smallest absolute Gasteiger partial charge is 0.350 e. The van der Waals surface area contributed by atoms with E-state index in [1.54, 1.807) is 43.5 Å². The average molecular weight is 533 g/mol. The number of pyridine rings is 1. The fourth-order valence-corrected chi connectivity index (χ4v) is 5.57. The molecular formula is C27H24N4O6S. The van der Waals surface area contributed by atoms with Crippen LogP contribution in [0, 0.1) is 20.8 Å². The van der Waals surface area contributed by atoms with Gasteiger partial charge in [0.15, 0.2) is 10.9 Å². The van der Waals surface area contributed by atoms with Crippen molar-refractivity contribution < 1.29 is 29.3 Å². The van der Waals surface area contributed by atoms with Gasteiger partial charge in [-0.15, -0.1) is 0 Å². The van der Waals surface area contributed by atoms with E-state index in [2.05, 4.69) is 9.97 Å². The van der Waals surface area contributed by atoms with Crippen LogP contribution < -0.4 is 4.90 Å². The van der Waals surface area contributed by atoms with Crippen LogP contribution in [-0.4, -0.2) is 48.8 Å². The van der Waals surface area contributed by atoms with Crippen LogP contribution in [0.2, 0.25) is 0 Å². The Balaban J connectivity index is 1.74. The summed E-state index contributed by atoms with van der Waals surface area (Å²) in [5.41, 5.74) is 2.71. The number of phenolic OH excluding ortho intramolecular Hbond substituents is 1. The van der Waals surface area contributed by atoms with Crippen molar-refractivity contribution in [3.8, 4) is 5.75 Å². The Hall–Kier alpha value is -4.51. The Labute approximate surface area is 221 Å². The van der Waals surface area contributed by atoms with Gasteiger partial charge in [-0.3, -0.25) is 14.5 Å². The van der Waals surface area contributed by atoms with Crippen LogP contribution >= 0.6 is 11.3 Å². The highest BCUT2D eigenvalue weighted by Crippen LogP contribution is 2.44. The molecule has 0 aliphatic carbocycles. The molecule has 10 nitrogen and oxygen atoms in total. The van der Waals surface area contributed by atoms with Gasteiger partial charge < -0.3 is 19.4 Å².